The van der Waals surface area contributed by atoms with Crippen molar-refractivity contribution in [3.05, 3.63) is 52.8 Å². The van der Waals surface area contributed by atoms with Gasteiger partial charge in [0, 0.05) is 21.4 Å². The van der Waals surface area contributed by atoms with Crippen LogP contribution in [0, 0.1) is 0 Å². The van der Waals surface area contributed by atoms with E-state index in [1.807, 2.05) is 6.07 Å². The molecular formula is C17H17ClN2O3S. The minimum atomic E-state index is -0.500. The number of rotatable bonds is 5. The number of amides is 1. The Balaban J connectivity index is 2.20. The average Bonchev–Trinajstić information content (AvgIpc) is 2.56. The van der Waals surface area contributed by atoms with Gasteiger partial charge < -0.3 is 10.1 Å². The van der Waals surface area contributed by atoms with Gasteiger partial charge >= 0.3 is 5.97 Å². The number of methoxy groups -OCH3 is 1. The summed E-state index contributed by atoms with van der Waals surface area (Å²) in [6.07, 6.45) is 1.31. The number of carbonyl (C=O) groups excluding carboxylic acids is 2. The molecule has 24 heavy (non-hydrogen) atoms. The molecule has 0 unspecified atom stereocenters. The molecule has 1 amide bonds. The van der Waals surface area contributed by atoms with Gasteiger partial charge in [0.1, 0.15) is 5.69 Å². The third-order valence-corrected chi connectivity index (χ3v) is 4.29. The Morgan fingerprint density at radius 1 is 1.25 bits per heavy atom. The summed E-state index contributed by atoms with van der Waals surface area (Å²) in [5, 5.41) is 3.71. The van der Waals surface area contributed by atoms with Crippen LogP contribution in [0.5, 0.6) is 0 Å². The number of nitrogens with zero attached hydrogens (tertiary/aromatic N) is 1. The van der Waals surface area contributed by atoms with Crippen LogP contribution in [0.1, 0.15) is 34.7 Å². The minimum Gasteiger partial charge on any atom is -0.465 e. The van der Waals surface area contributed by atoms with Crippen molar-refractivity contribution in [3.8, 4) is 0 Å². The van der Waals surface area contributed by atoms with E-state index in [1.165, 1.54) is 25.4 Å². The van der Waals surface area contributed by atoms with Crippen LogP contribution in [-0.2, 0) is 4.74 Å². The van der Waals surface area contributed by atoms with Crippen molar-refractivity contribution < 1.29 is 14.3 Å². The van der Waals surface area contributed by atoms with E-state index in [9.17, 15) is 9.59 Å². The van der Waals surface area contributed by atoms with E-state index in [0.717, 1.165) is 4.90 Å². The third-order valence-electron chi connectivity index (χ3n) is 2.97. The molecule has 0 saturated carbocycles. The summed E-state index contributed by atoms with van der Waals surface area (Å²) in [6.45, 7) is 4.13. The summed E-state index contributed by atoms with van der Waals surface area (Å²) in [5.74, 6) is -0.876. The fraction of sp³-hybridized carbons (Fsp3) is 0.235. The highest BCUT2D eigenvalue weighted by Gasteiger charge is 2.14. The Labute approximate surface area is 149 Å². The smallest absolute Gasteiger partial charge is 0.339 e. The van der Waals surface area contributed by atoms with Gasteiger partial charge in [-0.1, -0.05) is 25.4 Å². The number of anilines is 1. The summed E-state index contributed by atoms with van der Waals surface area (Å²) in [6, 6.07) is 8.33. The summed E-state index contributed by atoms with van der Waals surface area (Å²) < 4.78 is 4.60. The number of esters is 1. The Morgan fingerprint density at radius 3 is 2.58 bits per heavy atom. The van der Waals surface area contributed by atoms with E-state index in [-0.39, 0.29) is 17.2 Å². The van der Waals surface area contributed by atoms with E-state index in [1.54, 1.807) is 23.9 Å². The molecule has 0 saturated heterocycles. The molecule has 1 aromatic heterocycles. The van der Waals surface area contributed by atoms with Crippen LogP contribution < -0.4 is 5.32 Å². The fourth-order valence-corrected chi connectivity index (χ4v) is 2.97. The first-order valence-electron chi connectivity index (χ1n) is 7.22. The van der Waals surface area contributed by atoms with E-state index in [4.69, 9.17) is 11.6 Å². The Kier molecular flexibility index (Phi) is 6.23. The largest absolute Gasteiger partial charge is 0.465 e. The van der Waals surface area contributed by atoms with E-state index in [2.05, 4.69) is 28.9 Å². The van der Waals surface area contributed by atoms with Crippen LogP contribution in [-0.4, -0.2) is 29.2 Å². The van der Waals surface area contributed by atoms with Gasteiger partial charge in [-0.3, -0.25) is 9.78 Å². The number of thioether (sulfide) groups is 1. The Hall–Kier alpha value is -2.05. The first-order chi connectivity index (χ1) is 11.4. The highest BCUT2D eigenvalue weighted by molar-refractivity contribution is 8.00. The molecule has 1 N–H and O–H groups in total. The monoisotopic (exact) mass is 364 g/mol. The number of carbonyl (C=O) groups is 2. The zero-order valence-corrected chi connectivity index (χ0v) is 15.1. The fourth-order valence-electron chi connectivity index (χ4n) is 1.91. The predicted molar refractivity (Wildman–Crippen MR) is 96.0 cm³/mol. The number of hydrogen-bond donors (Lipinski definition) is 1. The lowest BCUT2D eigenvalue weighted by molar-refractivity contribution is 0.0600. The number of ether oxygens (including phenoxy) is 1. The molecule has 0 spiro atoms. The molecule has 0 radical (unpaired) electrons. The van der Waals surface area contributed by atoms with Crippen LogP contribution in [0.2, 0.25) is 5.02 Å². The SMILES string of the molecule is COC(=O)c1ccc(C(=O)Nc2cc(Cl)ccc2SC(C)C)nc1. The first-order valence-corrected chi connectivity index (χ1v) is 8.48. The van der Waals surface area contributed by atoms with Crippen molar-refractivity contribution in [1.82, 2.24) is 4.98 Å². The number of benzene rings is 1. The quantitative estimate of drug-likeness (QED) is 0.633. The second-order valence-corrected chi connectivity index (χ2v) is 7.24. The lowest BCUT2D eigenvalue weighted by Gasteiger charge is -2.13. The van der Waals surface area contributed by atoms with Gasteiger partial charge in [-0.25, -0.2) is 4.79 Å². The standard InChI is InChI=1S/C17H17ClN2O3S/c1-10(2)24-15-7-5-12(18)8-14(15)20-16(21)13-6-4-11(9-19-13)17(22)23-3/h4-10H,1-3H3,(H,20,21). The highest BCUT2D eigenvalue weighted by atomic mass is 35.5. The molecule has 5 nitrogen and oxygen atoms in total. The van der Waals surface area contributed by atoms with Crippen LogP contribution in [0.15, 0.2) is 41.4 Å². The van der Waals surface area contributed by atoms with Crippen LogP contribution in [0.3, 0.4) is 0 Å². The van der Waals surface area contributed by atoms with Gasteiger partial charge in [-0.15, -0.1) is 11.8 Å². The summed E-state index contributed by atoms with van der Waals surface area (Å²) >= 11 is 7.65. The van der Waals surface area contributed by atoms with Crippen molar-refractivity contribution in [2.75, 3.05) is 12.4 Å². The lowest BCUT2D eigenvalue weighted by Crippen LogP contribution is -2.15. The first kappa shape index (κ1) is 18.3. The summed E-state index contributed by atoms with van der Waals surface area (Å²) in [7, 11) is 1.29. The number of pyridine rings is 1. The van der Waals surface area contributed by atoms with Crippen LogP contribution >= 0.6 is 23.4 Å². The van der Waals surface area contributed by atoms with Gasteiger partial charge in [0.25, 0.3) is 5.91 Å². The van der Waals surface area contributed by atoms with Crippen molar-refractivity contribution in [3.63, 3.8) is 0 Å². The second-order valence-electron chi connectivity index (χ2n) is 5.18. The van der Waals surface area contributed by atoms with Gasteiger partial charge in [0.2, 0.25) is 0 Å². The van der Waals surface area contributed by atoms with E-state index in [0.29, 0.717) is 16.0 Å². The maximum absolute atomic E-state index is 12.4. The third kappa shape index (κ3) is 4.72. The summed E-state index contributed by atoms with van der Waals surface area (Å²) in [4.78, 5) is 28.7. The van der Waals surface area contributed by atoms with Gasteiger partial charge in [0.05, 0.1) is 18.4 Å². The zero-order valence-electron chi connectivity index (χ0n) is 13.5. The molecule has 1 aromatic carbocycles. The van der Waals surface area contributed by atoms with Gasteiger partial charge in [-0.05, 0) is 30.3 Å². The van der Waals surface area contributed by atoms with Gasteiger partial charge in [-0.2, -0.15) is 0 Å². The Morgan fingerprint density at radius 2 is 2.00 bits per heavy atom. The van der Waals surface area contributed by atoms with E-state index < -0.39 is 5.97 Å². The molecule has 0 aliphatic heterocycles. The lowest BCUT2D eigenvalue weighted by atomic mass is 10.2. The molecular weight excluding hydrogens is 348 g/mol. The minimum absolute atomic E-state index is 0.197. The second kappa shape index (κ2) is 8.17. The maximum Gasteiger partial charge on any atom is 0.339 e. The molecule has 0 bridgehead atoms. The number of halogens is 1. The molecule has 2 rings (SSSR count). The highest BCUT2D eigenvalue weighted by Crippen LogP contribution is 2.32. The Bertz CT molecular complexity index is 748. The van der Waals surface area contributed by atoms with Crippen molar-refractivity contribution in [1.29, 1.82) is 0 Å². The molecule has 0 atom stereocenters. The van der Waals surface area contributed by atoms with Crippen molar-refractivity contribution in [2.24, 2.45) is 0 Å². The molecule has 1 heterocycles. The molecule has 0 aliphatic carbocycles. The molecule has 0 fully saturated rings. The number of nitrogens with one attached hydrogen (secondary N) is 1. The summed E-state index contributed by atoms with van der Waals surface area (Å²) in [5.41, 5.74) is 1.11. The van der Waals surface area contributed by atoms with Crippen molar-refractivity contribution >= 4 is 40.9 Å². The van der Waals surface area contributed by atoms with Crippen molar-refractivity contribution in [2.45, 2.75) is 24.0 Å². The molecule has 126 valence electrons. The molecule has 0 aliphatic rings. The molecule has 7 heteroatoms. The zero-order chi connectivity index (χ0) is 17.7. The topological polar surface area (TPSA) is 68.3 Å². The van der Waals surface area contributed by atoms with Crippen LogP contribution in [0.4, 0.5) is 5.69 Å². The maximum atomic E-state index is 12.4. The van der Waals surface area contributed by atoms with Crippen LogP contribution in [0.25, 0.3) is 0 Å². The number of hydrogen-bond acceptors (Lipinski definition) is 5. The number of aromatic nitrogens is 1. The van der Waals surface area contributed by atoms with E-state index >= 15 is 0 Å². The average molecular weight is 365 g/mol. The van der Waals surface area contributed by atoms with Gasteiger partial charge in [0.15, 0.2) is 0 Å². The normalized spacial score (nSPS) is 10.5. The molecule has 2 aromatic rings. The predicted octanol–water partition coefficient (Wildman–Crippen LogP) is 4.27.